The van der Waals surface area contributed by atoms with Crippen molar-refractivity contribution in [3.63, 3.8) is 0 Å². The van der Waals surface area contributed by atoms with Gasteiger partial charge in [-0.3, -0.25) is 4.79 Å². The van der Waals surface area contributed by atoms with Gasteiger partial charge in [-0.25, -0.2) is 4.79 Å². The van der Waals surface area contributed by atoms with Gasteiger partial charge in [-0.05, 0) is 6.42 Å². The molecule has 0 spiro atoms. The van der Waals surface area contributed by atoms with Crippen LogP contribution in [0.2, 0.25) is 0 Å². The molecule has 0 aromatic heterocycles. The molecular weight excluding hydrogens is 256 g/mol. The Balaban J connectivity index is 3.68. The maximum Gasteiger partial charge on any atom is 0.338 e. The van der Waals surface area contributed by atoms with E-state index in [2.05, 4.69) is 4.74 Å². The van der Waals surface area contributed by atoms with E-state index in [1.807, 2.05) is 0 Å². The minimum absolute atomic E-state index is 0.283. The Kier molecular flexibility index (Phi) is 11.1. The van der Waals surface area contributed by atoms with Gasteiger partial charge in [-0.15, -0.1) is 0 Å². The maximum absolute atomic E-state index is 11.5. The lowest BCUT2D eigenvalue weighted by molar-refractivity contribution is -0.175. The van der Waals surface area contributed by atoms with Crippen molar-refractivity contribution in [1.29, 1.82) is 0 Å². The van der Waals surface area contributed by atoms with E-state index in [0.29, 0.717) is 26.2 Å². The normalized spacial score (nSPS) is 11.9. The molecule has 0 saturated heterocycles. The molecule has 0 aliphatic carbocycles. The molecule has 0 radical (unpaired) electrons. The SMILES string of the molecule is CCC(OCCOCCOC)C(=O)OCOC(C)=O. The highest BCUT2D eigenvalue weighted by atomic mass is 16.7. The smallest absolute Gasteiger partial charge is 0.338 e. The highest BCUT2D eigenvalue weighted by Gasteiger charge is 2.18. The predicted octanol–water partition coefficient (Wildman–Crippen LogP) is 0.508. The van der Waals surface area contributed by atoms with E-state index in [9.17, 15) is 9.59 Å². The molecule has 0 aliphatic rings. The molecule has 0 aliphatic heterocycles. The third-order valence-electron chi connectivity index (χ3n) is 2.08. The second-order valence-electron chi connectivity index (χ2n) is 3.59. The molecule has 0 aromatic carbocycles. The highest BCUT2D eigenvalue weighted by molar-refractivity contribution is 5.74. The topological polar surface area (TPSA) is 80.3 Å². The second-order valence-corrected chi connectivity index (χ2v) is 3.59. The third kappa shape index (κ3) is 10.4. The summed E-state index contributed by atoms with van der Waals surface area (Å²) in [6.07, 6.45) is -0.210. The summed E-state index contributed by atoms with van der Waals surface area (Å²) in [5.74, 6) is -1.06. The summed E-state index contributed by atoms with van der Waals surface area (Å²) in [5.41, 5.74) is 0. The molecule has 0 N–H and O–H groups in total. The van der Waals surface area contributed by atoms with Crippen molar-refractivity contribution in [2.45, 2.75) is 26.4 Å². The number of carbonyl (C=O) groups excluding carboxylic acids is 2. The van der Waals surface area contributed by atoms with Crippen molar-refractivity contribution in [2.24, 2.45) is 0 Å². The van der Waals surface area contributed by atoms with Crippen molar-refractivity contribution in [1.82, 2.24) is 0 Å². The number of esters is 2. The third-order valence-corrected chi connectivity index (χ3v) is 2.08. The fraction of sp³-hybridized carbons (Fsp3) is 0.833. The zero-order chi connectivity index (χ0) is 14.5. The van der Waals surface area contributed by atoms with Gasteiger partial charge in [0.2, 0.25) is 6.79 Å². The van der Waals surface area contributed by atoms with Crippen LogP contribution in [-0.4, -0.2) is 58.4 Å². The Morgan fingerprint density at radius 2 is 1.74 bits per heavy atom. The molecular formula is C12H22O7. The quantitative estimate of drug-likeness (QED) is 0.309. The van der Waals surface area contributed by atoms with E-state index in [0.717, 1.165) is 0 Å². The summed E-state index contributed by atoms with van der Waals surface area (Å²) in [6, 6.07) is 0. The Hall–Kier alpha value is -1.18. The first-order valence-corrected chi connectivity index (χ1v) is 6.10. The Labute approximate surface area is 113 Å². The first-order chi connectivity index (χ1) is 9.11. The summed E-state index contributed by atoms with van der Waals surface area (Å²) in [5, 5.41) is 0. The average molecular weight is 278 g/mol. The van der Waals surface area contributed by atoms with Gasteiger partial charge >= 0.3 is 11.9 Å². The number of ether oxygens (including phenoxy) is 5. The molecule has 0 amide bonds. The minimum Gasteiger partial charge on any atom is -0.428 e. The lowest BCUT2D eigenvalue weighted by atomic mass is 10.3. The van der Waals surface area contributed by atoms with Crippen LogP contribution >= 0.6 is 0 Å². The molecule has 112 valence electrons. The van der Waals surface area contributed by atoms with Crippen molar-refractivity contribution in [2.75, 3.05) is 40.3 Å². The largest absolute Gasteiger partial charge is 0.428 e. The van der Waals surface area contributed by atoms with Gasteiger partial charge in [0.15, 0.2) is 6.10 Å². The van der Waals surface area contributed by atoms with Crippen LogP contribution in [0.5, 0.6) is 0 Å². The number of methoxy groups -OCH3 is 1. The standard InChI is InChI=1S/C12H22O7/c1-4-11(12(14)19-9-18-10(2)13)17-8-7-16-6-5-15-3/h11H,4-9H2,1-3H3. The van der Waals surface area contributed by atoms with Crippen LogP contribution in [0.25, 0.3) is 0 Å². The molecule has 19 heavy (non-hydrogen) atoms. The molecule has 0 rings (SSSR count). The molecule has 1 atom stereocenters. The van der Waals surface area contributed by atoms with E-state index in [1.165, 1.54) is 6.92 Å². The number of carbonyl (C=O) groups is 2. The van der Waals surface area contributed by atoms with E-state index < -0.39 is 24.8 Å². The van der Waals surface area contributed by atoms with Crippen LogP contribution in [0.4, 0.5) is 0 Å². The molecule has 1 unspecified atom stereocenters. The fourth-order valence-electron chi connectivity index (χ4n) is 1.11. The van der Waals surface area contributed by atoms with Crippen LogP contribution in [0.3, 0.4) is 0 Å². The average Bonchev–Trinajstić information content (AvgIpc) is 2.37. The number of hydrogen-bond acceptors (Lipinski definition) is 7. The van der Waals surface area contributed by atoms with Gasteiger partial charge in [-0.1, -0.05) is 6.92 Å². The van der Waals surface area contributed by atoms with E-state index >= 15 is 0 Å². The first kappa shape index (κ1) is 17.8. The Morgan fingerprint density at radius 3 is 2.32 bits per heavy atom. The van der Waals surface area contributed by atoms with Gasteiger partial charge in [-0.2, -0.15) is 0 Å². The minimum atomic E-state index is -0.679. The predicted molar refractivity (Wildman–Crippen MR) is 65.5 cm³/mol. The number of rotatable bonds is 11. The van der Waals surface area contributed by atoms with Crippen molar-refractivity contribution in [3.05, 3.63) is 0 Å². The van der Waals surface area contributed by atoms with Crippen LogP contribution in [0.15, 0.2) is 0 Å². The molecule has 0 fully saturated rings. The molecule has 0 bridgehead atoms. The molecule has 0 heterocycles. The number of hydrogen-bond donors (Lipinski definition) is 0. The summed E-state index contributed by atoms with van der Waals surface area (Å²) < 4.78 is 24.5. The highest BCUT2D eigenvalue weighted by Crippen LogP contribution is 2.01. The summed E-state index contributed by atoms with van der Waals surface area (Å²) in [7, 11) is 1.59. The maximum atomic E-state index is 11.5. The molecule has 0 saturated carbocycles. The van der Waals surface area contributed by atoms with Crippen molar-refractivity contribution >= 4 is 11.9 Å². The first-order valence-electron chi connectivity index (χ1n) is 6.10. The summed E-state index contributed by atoms with van der Waals surface area (Å²) in [6.45, 7) is 4.29. The van der Waals surface area contributed by atoms with E-state index in [-0.39, 0.29) is 6.61 Å². The van der Waals surface area contributed by atoms with Gasteiger partial charge in [0, 0.05) is 14.0 Å². The lowest BCUT2D eigenvalue weighted by Crippen LogP contribution is -2.28. The Bertz CT molecular complexity index is 254. The van der Waals surface area contributed by atoms with Gasteiger partial charge < -0.3 is 23.7 Å². The molecule has 7 nitrogen and oxygen atoms in total. The second kappa shape index (κ2) is 11.9. The zero-order valence-electron chi connectivity index (χ0n) is 11.7. The van der Waals surface area contributed by atoms with Crippen LogP contribution in [0.1, 0.15) is 20.3 Å². The van der Waals surface area contributed by atoms with Crippen LogP contribution < -0.4 is 0 Å². The van der Waals surface area contributed by atoms with Gasteiger partial charge in [0.25, 0.3) is 0 Å². The van der Waals surface area contributed by atoms with Crippen LogP contribution in [-0.2, 0) is 33.3 Å². The lowest BCUT2D eigenvalue weighted by Gasteiger charge is -2.15. The monoisotopic (exact) mass is 278 g/mol. The van der Waals surface area contributed by atoms with E-state index in [4.69, 9.17) is 18.9 Å². The van der Waals surface area contributed by atoms with E-state index in [1.54, 1.807) is 14.0 Å². The van der Waals surface area contributed by atoms with Crippen LogP contribution in [0, 0.1) is 0 Å². The Morgan fingerprint density at radius 1 is 1.05 bits per heavy atom. The molecule has 0 aromatic rings. The van der Waals surface area contributed by atoms with Crippen molar-refractivity contribution < 1.29 is 33.3 Å². The molecule has 7 heteroatoms. The summed E-state index contributed by atoms with van der Waals surface area (Å²) in [4.78, 5) is 22.0. The van der Waals surface area contributed by atoms with Gasteiger partial charge in [0.05, 0.1) is 26.4 Å². The zero-order valence-corrected chi connectivity index (χ0v) is 11.7. The van der Waals surface area contributed by atoms with Gasteiger partial charge in [0.1, 0.15) is 0 Å². The fourth-order valence-corrected chi connectivity index (χ4v) is 1.11. The van der Waals surface area contributed by atoms with Crippen molar-refractivity contribution in [3.8, 4) is 0 Å². The summed E-state index contributed by atoms with van der Waals surface area (Å²) >= 11 is 0.